The van der Waals surface area contributed by atoms with E-state index in [4.69, 9.17) is 9.83 Å². The number of aromatic nitrogens is 1. The van der Waals surface area contributed by atoms with Gasteiger partial charge in [-0.3, -0.25) is 0 Å². The van der Waals surface area contributed by atoms with Crippen LogP contribution in [-0.4, -0.2) is 15.8 Å². The molecule has 3 aromatic rings. The fourth-order valence-electron chi connectivity index (χ4n) is 3.26. The van der Waals surface area contributed by atoms with Crippen molar-refractivity contribution in [1.29, 1.82) is 5.41 Å². The SMILES string of the molecule is CCC(C)C(=N)CCc1nc(-c2ccc(-c3ccccc3)cc2CO)oc1C. The maximum Gasteiger partial charge on any atom is 0.226 e. The van der Waals surface area contributed by atoms with Crippen LogP contribution in [-0.2, 0) is 13.0 Å². The second-order valence-electron chi connectivity index (χ2n) is 7.25. The van der Waals surface area contributed by atoms with Crippen LogP contribution in [0.1, 0.15) is 43.7 Å². The van der Waals surface area contributed by atoms with Gasteiger partial charge >= 0.3 is 0 Å². The molecule has 0 saturated carbocycles. The molecule has 0 amide bonds. The van der Waals surface area contributed by atoms with Gasteiger partial charge in [-0.25, -0.2) is 4.98 Å². The molecule has 0 bridgehead atoms. The zero-order valence-electron chi connectivity index (χ0n) is 16.8. The quantitative estimate of drug-likeness (QED) is 0.488. The molecule has 0 radical (unpaired) electrons. The molecule has 28 heavy (non-hydrogen) atoms. The van der Waals surface area contributed by atoms with Crippen LogP contribution in [0.15, 0.2) is 52.9 Å². The number of aliphatic hydroxyl groups is 1. The third-order valence-electron chi connectivity index (χ3n) is 5.34. The average Bonchev–Trinajstić information content (AvgIpc) is 3.11. The number of rotatable bonds is 8. The number of aliphatic hydroxyl groups excluding tert-OH is 1. The molecule has 1 unspecified atom stereocenters. The van der Waals surface area contributed by atoms with Crippen molar-refractivity contribution in [3.05, 3.63) is 65.5 Å². The van der Waals surface area contributed by atoms with E-state index in [1.54, 1.807) is 0 Å². The number of aryl methyl sites for hydroxylation is 2. The third kappa shape index (κ3) is 4.39. The van der Waals surface area contributed by atoms with E-state index in [1.807, 2.05) is 43.3 Å². The van der Waals surface area contributed by atoms with Crippen LogP contribution in [0.5, 0.6) is 0 Å². The van der Waals surface area contributed by atoms with Gasteiger partial charge in [-0.1, -0.05) is 50.2 Å². The fraction of sp³-hybridized carbons (Fsp3) is 0.333. The minimum absolute atomic E-state index is 0.0779. The lowest BCUT2D eigenvalue weighted by Gasteiger charge is -2.09. The van der Waals surface area contributed by atoms with E-state index in [0.717, 1.165) is 45.8 Å². The van der Waals surface area contributed by atoms with Crippen molar-refractivity contribution in [3.63, 3.8) is 0 Å². The summed E-state index contributed by atoms with van der Waals surface area (Å²) in [4.78, 5) is 4.67. The first-order valence-electron chi connectivity index (χ1n) is 9.86. The van der Waals surface area contributed by atoms with E-state index < -0.39 is 0 Å². The van der Waals surface area contributed by atoms with Crippen molar-refractivity contribution in [3.8, 4) is 22.6 Å². The maximum atomic E-state index is 9.89. The molecule has 1 atom stereocenters. The van der Waals surface area contributed by atoms with E-state index in [-0.39, 0.29) is 6.61 Å². The van der Waals surface area contributed by atoms with Gasteiger partial charge in [0.15, 0.2) is 0 Å². The highest BCUT2D eigenvalue weighted by Gasteiger charge is 2.16. The third-order valence-corrected chi connectivity index (χ3v) is 5.34. The first kappa shape index (κ1) is 20.0. The van der Waals surface area contributed by atoms with E-state index in [9.17, 15) is 5.11 Å². The van der Waals surface area contributed by atoms with Crippen LogP contribution in [0.2, 0.25) is 0 Å². The Morgan fingerprint density at radius 2 is 1.89 bits per heavy atom. The molecule has 0 fully saturated rings. The zero-order chi connectivity index (χ0) is 20.1. The van der Waals surface area contributed by atoms with E-state index in [1.165, 1.54) is 0 Å². The molecule has 0 aliphatic carbocycles. The van der Waals surface area contributed by atoms with Gasteiger partial charge in [0.1, 0.15) is 5.76 Å². The van der Waals surface area contributed by atoms with E-state index in [2.05, 4.69) is 31.0 Å². The van der Waals surface area contributed by atoms with Crippen molar-refractivity contribution >= 4 is 5.71 Å². The highest BCUT2D eigenvalue weighted by Crippen LogP contribution is 2.30. The summed E-state index contributed by atoms with van der Waals surface area (Å²) in [6.45, 7) is 6.03. The zero-order valence-corrected chi connectivity index (χ0v) is 16.8. The monoisotopic (exact) mass is 376 g/mol. The number of hydrogen-bond acceptors (Lipinski definition) is 4. The van der Waals surface area contributed by atoms with Crippen LogP contribution in [0.4, 0.5) is 0 Å². The minimum Gasteiger partial charge on any atom is -0.441 e. The summed E-state index contributed by atoms with van der Waals surface area (Å²) in [7, 11) is 0. The van der Waals surface area contributed by atoms with E-state index >= 15 is 0 Å². The van der Waals surface area contributed by atoms with Gasteiger partial charge in [0.25, 0.3) is 0 Å². The molecule has 0 aliphatic heterocycles. The Kier molecular flexibility index (Phi) is 6.42. The topological polar surface area (TPSA) is 70.1 Å². The molecule has 1 heterocycles. The summed E-state index contributed by atoms with van der Waals surface area (Å²) in [5.74, 6) is 1.62. The van der Waals surface area contributed by atoms with Gasteiger partial charge in [0, 0.05) is 11.3 Å². The van der Waals surface area contributed by atoms with Gasteiger partial charge < -0.3 is 14.9 Å². The van der Waals surface area contributed by atoms with Gasteiger partial charge in [0.05, 0.1) is 12.3 Å². The standard InChI is InChI=1S/C24H28N2O2/c1-4-16(2)22(25)12-13-23-17(3)28-24(26-23)21-11-10-19(14-20(21)15-27)18-8-6-5-7-9-18/h5-11,14,16,25,27H,4,12-13,15H2,1-3H3. The minimum atomic E-state index is -0.0779. The molecule has 0 aliphatic rings. The van der Waals surface area contributed by atoms with Gasteiger partial charge in [-0.05, 0) is 60.9 Å². The van der Waals surface area contributed by atoms with Crippen LogP contribution in [0, 0.1) is 18.3 Å². The maximum absolute atomic E-state index is 9.89. The largest absolute Gasteiger partial charge is 0.441 e. The summed E-state index contributed by atoms with van der Waals surface area (Å²) >= 11 is 0. The molecule has 4 heteroatoms. The lowest BCUT2D eigenvalue weighted by Crippen LogP contribution is -2.10. The number of oxazole rings is 1. The van der Waals surface area contributed by atoms with Crippen LogP contribution in [0.25, 0.3) is 22.6 Å². The second-order valence-corrected chi connectivity index (χ2v) is 7.25. The number of nitrogens with zero attached hydrogens (tertiary/aromatic N) is 1. The first-order valence-corrected chi connectivity index (χ1v) is 9.86. The van der Waals surface area contributed by atoms with Gasteiger partial charge in [0.2, 0.25) is 5.89 Å². The molecule has 4 nitrogen and oxygen atoms in total. The second kappa shape index (κ2) is 8.98. The smallest absolute Gasteiger partial charge is 0.226 e. The lowest BCUT2D eigenvalue weighted by molar-refractivity contribution is 0.282. The van der Waals surface area contributed by atoms with Crippen molar-refractivity contribution < 1.29 is 9.52 Å². The number of nitrogens with one attached hydrogen (secondary N) is 1. The Balaban J connectivity index is 1.84. The highest BCUT2D eigenvalue weighted by molar-refractivity contribution is 5.83. The normalized spacial score (nSPS) is 12.1. The molecule has 0 spiro atoms. The first-order chi connectivity index (χ1) is 13.5. The summed E-state index contributed by atoms with van der Waals surface area (Å²) in [5, 5.41) is 18.1. The predicted molar refractivity (Wildman–Crippen MR) is 114 cm³/mol. The van der Waals surface area contributed by atoms with Crippen LogP contribution < -0.4 is 0 Å². The Morgan fingerprint density at radius 3 is 2.57 bits per heavy atom. The Hall–Kier alpha value is -2.72. The highest BCUT2D eigenvalue weighted by atomic mass is 16.4. The number of hydrogen-bond donors (Lipinski definition) is 2. The molecule has 3 rings (SSSR count). The Morgan fingerprint density at radius 1 is 1.14 bits per heavy atom. The molecular weight excluding hydrogens is 348 g/mol. The van der Waals surface area contributed by atoms with Crippen molar-refractivity contribution in [2.75, 3.05) is 0 Å². The Labute approximate surface area is 166 Å². The lowest BCUT2D eigenvalue weighted by atomic mass is 9.98. The fourth-order valence-corrected chi connectivity index (χ4v) is 3.26. The molecule has 1 aromatic heterocycles. The average molecular weight is 377 g/mol. The van der Waals surface area contributed by atoms with Crippen LogP contribution in [0.3, 0.4) is 0 Å². The summed E-state index contributed by atoms with van der Waals surface area (Å²) in [6.07, 6.45) is 2.38. The Bertz CT molecular complexity index is 944. The summed E-state index contributed by atoms with van der Waals surface area (Å²) < 4.78 is 5.92. The van der Waals surface area contributed by atoms with Gasteiger partial charge in [-0.15, -0.1) is 0 Å². The van der Waals surface area contributed by atoms with Gasteiger partial charge in [-0.2, -0.15) is 0 Å². The van der Waals surface area contributed by atoms with Crippen molar-refractivity contribution in [2.24, 2.45) is 5.92 Å². The summed E-state index contributed by atoms with van der Waals surface area (Å²) in [6, 6.07) is 16.1. The molecular formula is C24H28N2O2. The van der Waals surface area contributed by atoms with E-state index in [0.29, 0.717) is 24.7 Å². The molecule has 2 aromatic carbocycles. The molecule has 0 saturated heterocycles. The molecule has 146 valence electrons. The molecule has 2 N–H and O–H groups in total. The van der Waals surface area contributed by atoms with Crippen molar-refractivity contribution in [1.82, 2.24) is 4.98 Å². The van der Waals surface area contributed by atoms with Crippen molar-refractivity contribution in [2.45, 2.75) is 46.6 Å². The van der Waals surface area contributed by atoms with Crippen LogP contribution >= 0.6 is 0 Å². The summed E-state index contributed by atoms with van der Waals surface area (Å²) in [5.41, 5.74) is 5.42. The number of benzene rings is 2. The predicted octanol–water partition coefficient (Wildman–Crippen LogP) is 5.81.